The molecular weight excluding hydrogens is 203 g/mol. The molecule has 0 aliphatic heterocycles. The van der Waals surface area contributed by atoms with Gasteiger partial charge in [0.2, 0.25) is 0 Å². The molecular formula is C13H19FN2. The summed E-state index contributed by atoms with van der Waals surface area (Å²) in [4.78, 5) is 2.25. The van der Waals surface area contributed by atoms with Crippen LogP contribution >= 0.6 is 0 Å². The van der Waals surface area contributed by atoms with Crippen LogP contribution in [0.3, 0.4) is 0 Å². The van der Waals surface area contributed by atoms with Crippen molar-refractivity contribution in [3.8, 4) is 0 Å². The first-order valence-electron chi connectivity index (χ1n) is 5.82. The first kappa shape index (κ1) is 11.4. The highest BCUT2D eigenvalue weighted by molar-refractivity contribution is 5.46. The topological polar surface area (TPSA) is 29.3 Å². The number of hydrogen-bond donors (Lipinski definition) is 1. The number of hydrogen-bond acceptors (Lipinski definition) is 2. The average molecular weight is 222 g/mol. The standard InChI is InChI=1S/C13H19FN2/c1-9(10-3-4-10)16(2)8-11-7-12(14)5-6-13(11)15/h5-7,9-10H,3-4,8,15H2,1-2H3. The summed E-state index contributed by atoms with van der Waals surface area (Å²) in [5, 5.41) is 0. The summed E-state index contributed by atoms with van der Waals surface area (Å²) < 4.78 is 13.1. The maximum absolute atomic E-state index is 13.1. The van der Waals surface area contributed by atoms with Crippen LogP contribution in [0.1, 0.15) is 25.3 Å². The summed E-state index contributed by atoms with van der Waals surface area (Å²) in [6.07, 6.45) is 2.65. The lowest BCUT2D eigenvalue weighted by Gasteiger charge is -2.25. The molecule has 0 spiro atoms. The van der Waals surface area contributed by atoms with Gasteiger partial charge in [-0.3, -0.25) is 4.90 Å². The Morgan fingerprint density at radius 1 is 1.50 bits per heavy atom. The van der Waals surface area contributed by atoms with Crippen molar-refractivity contribution in [2.75, 3.05) is 12.8 Å². The number of nitrogens with two attached hydrogens (primary N) is 1. The fourth-order valence-corrected chi connectivity index (χ4v) is 2.06. The van der Waals surface area contributed by atoms with Crippen LogP contribution < -0.4 is 5.73 Å². The number of halogens is 1. The summed E-state index contributed by atoms with van der Waals surface area (Å²) in [5.74, 6) is 0.608. The third-order valence-corrected chi connectivity index (χ3v) is 3.52. The van der Waals surface area contributed by atoms with E-state index in [-0.39, 0.29) is 5.82 Å². The van der Waals surface area contributed by atoms with E-state index in [1.165, 1.54) is 25.0 Å². The van der Waals surface area contributed by atoms with Crippen molar-refractivity contribution >= 4 is 5.69 Å². The van der Waals surface area contributed by atoms with Crippen LogP contribution in [0.5, 0.6) is 0 Å². The zero-order valence-corrected chi connectivity index (χ0v) is 9.91. The smallest absolute Gasteiger partial charge is 0.123 e. The molecule has 0 heterocycles. The van der Waals surface area contributed by atoms with Crippen molar-refractivity contribution in [2.45, 2.75) is 32.4 Å². The number of nitrogens with zero attached hydrogens (tertiary/aromatic N) is 1. The lowest BCUT2D eigenvalue weighted by Crippen LogP contribution is -2.30. The van der Waals surface area contributed by atoms with E-state index in [0.29, 0.717) is 11.7 Å². The highest BCUT2D eigenvalue weighted by atomic mass is 19.1. The van der Waals surface area contributed by atoms with Crippen LogP contribution in [0.25, 0.3) is 0 Å². The average Bonchev–Trinajstić information content (AvgIpc) is 3.06. The van der Waals surface area contributed by atoms with E-state index in [2.05, 4.69) is 18.9 Å². The fraction of sp³-hybridized carbons (Fsp3) is 0.538. The second-order valence-corrected chi connectivity index (χ2v) is 4.84. The van der Waals surface area contributed by atoms with Crippen molar-refractivity contribution in [3.05, 3.63) is 29.6 Å². The Morgan fingerprint density at radius 3 is 2.81 bits per heavy atom. The summed E-state index contributed by atoms with van der Waals surface area (Å²) in [6.45, 7) is 2.95. The molecule has 0 radical (unpaired) electrons. The zero-order chi connectivity index (χ0) is 11.7. The molecule has 1 saturated carbocycles. The third kappa shape index (κ3) is 2.53. The molecule has 16 heavy (non-hydrogen) atoms. The van der Waals surface area contributed by atoms with Crippen LogP contribution in [0.2, 0.25) is 0 Å². The van der Waals surface area contributed by atoms with Crippen molar-refractivity contribution in [2.24, 2.45) is 5.92 Å². The van der Waals surface area contributed by atoms with Crippen molar-refractivity contribution < 1.29 is 4.39 Å². The molecule has 0 bridgehead atoms. The Morgan fingerprint density at radius 2 is 2.19 bits per heavy atom. The molecule has 0 amide bonds. The SMILES string of the molecule is CC(C1CC1)N(C)Cc1cc(F)ccc1N. The summed E-state index contributed by atoms with van der Waals surface area (Å²) in [6, 6.07) is 5.14. The van der Waals surface area contributed by atoms with Gasteiger partial charge in [0, 0.05) is 18.3 Å². The molecule has 1 fully saturated rings. The van der Waals surface area contributed by atoms with Crippen LogP contribution in [-0.4, -0.2) is 18.0 Å². The Balaban J connectivity index is 2.04. The molecule has 2 nitrogen and oxygen atoms in total. The third-order valence-electron chi connectivity index (χ3n) is 3.52. The lowest BCUT2D eigenvalue weighted by molar-refractivity contribution is 0.226. The molecule has 1 unspecified atom stereocenters. The lowest BCUT2D eigenvalue weighted by atomic mass is 10.1. The van der Waals surface area contributed by atoms with Gasteiger partial charge in [-0.25, -0.2) is 4.39 Å². The monoisotopic (exact) mass is 222 g/mol. The largest absolute Gasteiger partial charge is 0.398 e. The summed E-state index contributed by atoms with van der Waals surface area (Å²) in [7, 11) is 2.08. The van der Waals surface area contributed by atoms with Crippen molar-refractivity contribution in [1.82, 2.24) is 4.90 Å². The van der Waals surface area contributed by atoms with Crippen LogP contribution in [-0.2, 0) is 6.54 Å². The van der Waals surface area contributed by atoms with Crippen LogP contribution in [0.15, 0.2) is 18.2 Å². The van der Waals surface area contributed by atoms with Gasteiger partial charge >= 0.3 is 0 Å². The minimum Gasteiger partial charge on any atom is -0.398 e. The van der Waals surface area contributed by atoms with E-state index < -0.39 is 0 Å². The van der Waals surface area contributed by atoms with Gasteiger partial charge in [0.05, 0.1) is 0 Å². The van der Waals surface area contributed by atoms with Crippen molar-refractivity contribution in [3.63, 3.8) is 0 Å². The molecule has 1 aromatic carbocycles. The Bertz CT molecular complexity index is 374. The predicted octanol–water partition coefficient (Wildman–Crippen LogP) is 2.64. The van der Waals surface area contributed by atoms with Gasteiger partial charge in [0.1, 0.15) is 5.82 Å². The van der Waals surface area contributed by atoms with Gasteiger partial charge < -0.3 is 5.73 Å². The van der Waals surface area contributed by atoms with Crippen molar-refractivity contribution in [1.29, 1.82) is 0 Å². The van der Waals surface area contributed by atoms with Gasteiger partial charge in [0.25, 0.3) is 0 Å². The molecule has 0 aromatic heterocycles. The minimum atomic E-state index is -0.211. The van der Waals surface area contributed by atoms with Gasteiger partial charge in [-0.2, -0.15) is 0 Å². The minimum absolute atomic E-state index is 0.211. The molecule has 0 saturated heterocycles. The maximum Gasteiger partial charge on any atom is 0.123 e. The predicted molar refractivity (Wildman–Crippen MR) is 64.5 cm³/mol. The molecule has 88 valence electrons. The number of rotatable bonds is 4. The van der Waals surface area contributed by atoms with E-state index in [9.17, 15) is 4.39 Å². The molecule has 3 heteroatoms. The Kier molecular flexibility index (Phi) is 3.15. The first-order chi connectivity index (χ1) is 7.58. The molecule has 1 aliphatic carbocycles. The maximum atomic E-state index is 13.1. The van der Waals surface area contributed by atoms with Gasteiger partial charge in [0.15, 0.2) is 0 Å². The molecule has 1 aliphatic rings. The molecule has 1 aromatic rings. The van der Waals surface area contributed by atoms with E-state index in [0.717, 1.165) is 18.0 Å². The van der Waals surface area contributed by atoms with E-state index >= 15 is 0 Å². The van der Waals surface area contributed by atoms with Gasteiger partial charge in [-0.1, -0.05) is 0 Å². The highest BCUT2D eigenvalue weighted by Crippen LogP contribution is 2.35. The zero-order valence-electron chi connectivity index (χ0n) is 9.91. The summed E-state index contributed by atoms with van der Waals surface area (Å²) >= 11 is 0. The van der Waals surface area contributed by atoms with Gasteiger partial charge in [-0.05, 0) is 56.5 Å². The molecule has 2 N–H and O–H groups in total. The number of anilines is 1. The quantitative estimate of drug-likeness (QED) is 0.793. The van der Waals surface area contributed by atoms with E-state index in [4.69, 9.17) is 5.73 Å². The first-order valence-corrected chi connectivity index (χ1v) is 5.82. The second-order valence-electron chi connectivity index (χ2n) is 4.84. The second kappa shape index (κ2) is 4.42. The Hall–Kier alpha value is -1.09. The van der Waals surface area contributed by atoms with Gasteiger partial charge in [-0.15, -0.1) is 0 Å². The fourth-order valence-electron chi connectivity index (χ4n) is 2.06. The van der Waals surface area contributed by atoms with E-state index in [1.54, 1.807) is 6.07 Å². The number of benzene rings is 1. The summed E-state index contributed by atoms with van der Waals surface area (Å²) in [5.41, 5.74) is 7.40. The van der Waals surface area contributed by atoms with Crippen LogP contribution in [0.4, 0.5) is 10.1 Å². The highest BCUT2D eigenvalue weighted by Gasteiger charge is 2.30. The normalized spacial score (nSPS) is 17.8. The molecule has 2 rings (SSSR count). The van der Waals surface area contributed by atoms with E-state index in [1.807, 2.05) is 0 Å². The Labute approximate surface area is 96.2 Å². The van der Waals surface area contributed by atoms with Crippen LogP contribution in [0, 0.1) is 11.7 Å². The number of nitrogen functional groups attached to an aromatic ring is 1. The molecule has 1 atom stereocenters.